The molecule has 1 aromatic carbocycles. The predicted molar refractivity (Wildman–Crippen MR) is 82.8 cm³/mol. The van der Waals surface area contributed by atoms with Gasteiger partial charge in [0, 0.05) is 30.6 Å². The molecular formula is C16H23ClN2O. The summed E-state index contributed by atoms with van der Waals surface area (Å²) in [4.78, 5) is 11.8. The lowest BCUT2D eigenvalue weighted by Gasteiger charge is -2.22. The third-order valence-corrected chi connectivity index (χ3v) is 4.14. The van der Waals surface area contributed by atoms with E-state index in [9.17, 15) is 4.79 Å². The van der Waals surface area contributed by atoms with Crippen molar-refractivity contribution in [1.29, 1.82) is 0 Å². The number of nitrogens with one attached hydrogen (secondary N) is 2. The molecule has 1 amide bonds. The van der Waals surface area contributed by atoms with Gasteiger partial charge < -0.3 is 10.6 Å². The fourth-order valence-electron chi connectivity index (χ4n) is 2.61. The highest BCUT2D eigenvalue weighted by Gasteiger charge is 2.15. The summed E-state index contributed by atoms with van der Waals surface area (Å²) in [6.45, 7) is 1.39. The van der Waals surface area contributed by atoms with E-state index in [0.717, 1.165) is 23.4 Å². The Balaban J connectivity index is 1.60. The van der Waals surface area contributed by atoms with Crippen LogP contribution in [0.25, 0.3) is 0 Å². The van der Waals surface area contributed by atoms with Crippen LogP contribution in [0.1, 0.15) is 44.1 Å². The van der Waals surface area contributed by atoms with Crippen molar-refractivity contribution in [1.82, 2.24) is 10.6 Å². The summed E-state index contributed by atoms with van der Waals surface area (Å²) in [7, 11) is 0. The molecule has 0 saturated heterocycles. The zero-order chi connectivity index (χ0) is 14.2. The minimum absolute atomic E-state index is 0.156. The van der Waals surface area contributed by atoms with Crippen LogP contribution in [0.5, 0.6) is 0 Å². The van der Waals surface area contributed by atoms with Crippen LogP contribution in [-0.4, -0.2) is 18.5 Å². The van der Waals surface area contributed by atoms with Gasteiger partial charge in [0.15, 0.2) is 0 Å². The summed E-state index contributed by atoms with van der Waals surface area (Å²) in [5, 5.41) is 7.16. The summed E-state index contributed by atoms with van der Waals surface area (Å²) in [5.74, 6) is 0.156. The van der Waals surface area contributed by atoms with E-state index >= 15 is 0 Å². The third-order valence-electron chi connectivity index (χ3n) is 3.77. The summed E-state index contributed by atoms with van der Waals surface area (Å²) >= 11 is 6.08. The Morgan fingerprint density at radius 3 is 2.70 bits per heavy atom. The molecule has 1 fully saturated rings. The van der Waals surface area contributed by atoms with Gasteiger partial charge in [-0.15, -0.1) is 0 Å². The number of hydrogen-bond acceptors (Lipinski definition) is 2. The van der Waals surface area contributed by atoms with Crippen molar-refractivity contribution >= 4 is 17.5 Å². The molecule has 0 spiro atoms. The molecule has 0 radical (unpaired) electrons. The van der Waals surface area contributed by atoms with E-state index in [1.54, 1.807) is 0 Å². The van der Waals surface area contributed by atoms with Crippen molar-refractivity contribution in [2.75, 3.05) is 6.54 Å². The SMILES string of the molecule is O=C(CCNCc1ccccc1Cl)NC1CCCCC1. The van der Waals surface area contributed by atoms with E-state index in [1.165, 1.54) is 19.3 Å². The molecule has 0 aromatic heterocycles. The lowest BCUT2D eigenvalue weighted by atomic mass is 9.95. The first kappa shape index (κ1) is 15.3. The van der Waals surface area contributed by atoms with Gasteiger partial charge in [0.05, 0.1) is 0 Å². The van der Waals surface area contributed by atoms with Crippen molar-refractivity contribution in [3.63, 3.8) is 0 Å². The fraction of sp³-hybridized carbons (Fsp3) is 0.562. The van der Waals surface area contributed by atoms with E-state index in [-0.39, 0.29) is 5.91 Å². The molecule has 20 heavy (non-hydrogen) atoms. The van der Waals surface area contributed by atoms with E-state index in [2.05, 4.69) is 10.6 Å². The highest BCUT2D eigenvalue weighted by atomic mass is 35.5. The largest absolute Gasteiger partial charge is 0.353 e. The Morgan fingerprint density at radius 2 is 1.95 bits per heavy atom. The van der Waals surface area contributed by atoms with Crippen molar-refractivity contribution in [3.05, 3.63) is 34.9 Å². The highest BCUT2D eigenvalue weighted by Crippen LogP contribution is 2.17. The van der Waals surface area contributed by atoms with Crippen LogP contribution in [-0.2, 0) is 11.3 Å². The van der Waals surface area contributed by atoms with Gasteiger partial charge in [-0.2, -0.15) is 0 Å². The molecule has 1 aromatic rings. The van der Waals surface area contributed by atoms with Crippen LogP contribution >= 0.6 is 11.6 Å². The Labute approximate surface area is 126 Å². The number of halogens is 1. The van der Waals surface area contributed by atoms with Crippen molar-refractivity contribution in [2.45, 2.75) is 51.1 Å². The van der Waals surface area contributed by atoms with Gasteiger partial charge in [0.2, 0.25) is 5.91 Å². The fourth-order valence-corrected chi connectivity index (χ4v) is 2.82. The number of benzene rings is 1. The molecule has 2 N–H and O–H groups in total. The standard InChI is InChI=1S/C16H23ClN2O/c17-15-9-5-4-6-13(15)12-18-11-10-16(20)19-14-7-2-1-3-8-14/h4-6,9,14,18H,1-3,7-8,10-12H2,(H,19,20). The van der Waals surface area contributed by atoms with Gasteiger partial charge in [0.1, 0.15) is 0 Å². The molecule has 0 heterocycles. The van der Waals surface area contributed by atoms with Gasteiger partial charge in [-0.05, 0) is 24.5 Å². The normalized spacial score (nSPS) is 16.1. The molecule has 1 aliphatic rings. The Morgan fingerprint density at radius 1 is 1.20 bits per heavy atom. The van der Waals surface area contributed by atoms with Crippen LogP contribution in [0.3, 0.4) is 0 Å². The molecule has 2 rings (SSSR count). The summed E-state index contributed by atoms with van der Waals surface area (Å²) in [5.41, 5.74) is 1.07. The van der Waals surface area contributed by atoms with E-state index < -0.39 is 0 Å². The highest BCUT2D eigenvalue weighted by molar-refractivity contribution is 6.31. The first-order valence-electron chi connectivity index (χ1n) is 7.49. The zero-order valence-corrected chi connectivity index (χ0v) is 12.6. The second-order valence-electron chi connectivity index (χ2n) is 5.42. The summed E-state index contributed by atoms with van der Waals surface area (Å²) in [6.07, 6.45) is 6.61. The molecule has 1 saturated carbocycles. The molecule has 0 atom stereocenters. The van der Waals surface area contributed by atoms with Crippen molar-refractivity contribution in [2.24, 2.45) is 0 Å². The molecule has 3 nitrogen and oxygen atoms in total. The van der Waals surface area contributed by atoms with Gasteiger partial charge in [-0.3, -0.25) is 4.79 Å². The lowest BCUT2D eigenvalue weighted by molar-refractivity contribution is -0.121. The second kappa shape index (κ2) is 8.28. The van der Waals surface area contributed by atoms with Gasteiger partial charge in [-0.1, -0.05) is 49.1 Å². The first-order chi connectivity index (χ1) is 9.75. The topological polar surface area (TPSA) is 41.1 Å². The molecule has 110 valence electrons. The minimum atomic E-state index is 0.156. The predicted octanol–water partition coefficient (Wildman–Crippen LogP) is 3.27. The molecule has 0 aliphatic heterocycles. The van der Waals surface area contributed by atoms with Crippen LogP contribution in [0.2, 0.25) is 5.02 Å². The first-order valence-corrected chi connectivity index (χ1v) is 7.87. The van der Waals surface area contributed by atoms with Crippen LogP contribution in [0.4, 0.5) is 0 Å². The minimum Gasteiger partial charge on any atom is -0.353 e. The monoisotopic (exact) mass is 294 g/mol. The summed E-state index contributed by atoms with van der Waals surface area (Å²) in [6, 6.07) is 8.17. The molecular weight excluding hydrogens is 272 g/mol. The van der Waals surface area contributed by atoms with Crippen molar-refractivity contribution < 1.29 is 4.79 Å². The molecule has 0 unspecified atom stereocenters. The maximum Gasteiger partial charge on any atom is 0.221 e. The van der Waals surface area contributed by atoms with Crippen LogP contribution in [0.15, 0.2) is 24.3 Å². The molecule has 1 aliphatic carbocycles. The van der Waals surface area contributed by atoms with Gasteiger partial charge in [-0.25, -0.2) is 0 Å². The molecule has 0 bridgehead atoms. The van der Waals surface area contributed by atoms with Crippen LogP contribution in [0, 0.1) is 0 Å². The molecule has 4 heteroatoms. The second-order valence-corrected chi connectivity index (χ2v) is 5.83. The number of carbonyl (C=O) groups is 1. The quantitative estimate of drug-likeness (QED) is 0.791. The van der Waals surface area contributed by atoms with Crippen molar-refractivity contribution in [3.8, 4) is 0 Å². The Kier molecular flexibility index (Phi) is 6.34. The number of amides is 1. The van der Waals surface area contributed by atoms with Crippen LogP contribution < -0.4 is 10.6 Å². The Bertz CT molecular complexity index is 430. The number of carbonyl (C=O) groups excluding carboxylic acids is 1. The van der Waals surface area contributed by atoms with Gasteiger partial charge >= 0.3 is 0 Å². The zero-order valence-electron chi connectivity index (χ0n) is 11.8. The average molecular weight is 295 g/mol. The average Bonchev–Trinajstić information content (AvgIpc) is 2.46. The van der Waals surface area contributed by atoms with E-state index in [4.69, 9.17) is 11.6 Å². The number of hydrogen-bond donors (Lipinski definition) is 2. The van der Waals surface area contributed by atoms with Gasteiger partial charge in [0.25, 0.3) is 0 Å². The maximum atomic E-state index is 11.8. The third kappa shape index (κ3) is 5.14. The summed E-state index contributed by atoms with van der Waals surface area (Å²) < 4.78 is 0. The Hall–Kier alpha value is -1.06. The smallest absolute Gasteiger partial charge is 0.221 e. The lowest BCUT2D eigenvalue weighted by Crippen LogP contribution is -2.37. The number of rotatable bonds is 6. The maximum absolute atomic E-state index is 11.8. The van der Waals surface area contributed by atoms with E-state index in [1.807, 2.05) is 24.3 Å². The van der Waals surface area contributed by atoms with E-state index in [0.29, 0.717) is 25.6 Å².